The first-order chi connectivity index (χ1) is 14.2. The monoisotopic (exact) mass is 421 g/mol. The van der Waals surface area contributed by atoms with Gasteiger partial charge in [-0.15, -0.1) is 0 Å². The van der Waals surface area contributed by atoms with E-state index < -0.39 is 24.3 Å². The van der Waals surface area contributed by atoms with Crippen LogP contribution in [0, 0.1) is 0 Å². The fourth-order valence-electron chi connectivity index (χ4n) is 2.76. The molecule has 0 atom stereocenters. The molecule has 10 nitrogen and oxygen atoms in total. The van der Waals surface area contributed by atoms with Gasteiger partial charge in [0.05, 0.1) is 36.6 Å². The van der Waals surface area contributed by atoms with Crippen LogP contribution in [0.4, 0.5) is 5.69 Å². The number of hydrogen-bond acceptors (Lipinski definition) is 8. The van der Waals surface area contributed by atoms with Crippen LogP contribution in [0.2, 0.25) is 0 Å². The minimum absolute atomic E-state index is 0.0858. The maximum atomic E-state index is 12.6. The normalized spacial score (nSPS) is 12.9. The predicted molar refractivity (Wildman–Crippen MR) is 108 cm³/mol. The number of imide groups is 1. The smallest absolute Gasteiger partial charge is 0.326 e. The van der Waals surface area contributed by atoms with Crippen LogP contribution in [-0.2, 0) is 19.1 Å². The fourth-order valence-corrected chi connectivity index (χ4v) is 2.76. The molecule has 30 heavy (non-hydrogen) atoms. The van der Waals surface area contributed by atoms with Gasteiger partial charge in [0.1, 0.15) is 18.9 Å². The summed E-state index contributed by atoms with van der Waals surface area (Å²) in [6.45, 7) is 4.42. The quantitative estimate of drug-likeness (QED) is 0.316. The van der Waals surface area contributed by atoms with Gasteiger partial charge in [0.2, 0.25) is 5.91 Å². The molecule has 0 aliphatic carbocycles. The van der Waals surface area contributed by atoms with Crippen molar-refractivity contribution >= 4 is 29.4 Å². The van der Waals surface area contributed by atoms with E-state index in [0.29, 0.717) is 13.2 Å². The third-order valence-corrected chi connectivity index (χ3v) is 4.14. The van der Waals surface area contributed by atoms with Gasteiger partial charge in [-0.05, 0) is 33.2 Å². The summed E-state index contributed by atoms with van der Waals surface area (Å²) < 4.78 is 16.0. The molecule has 0 bridgehead atoms. The second-order valence-corrected chi connectivity index (χ2v) is 6.84. The highest BCUT2D eigenvalue weighted by Crippen LogP contribution is 2.33. The van der Waals surface area contributed by atoms with Crippen LogP contribution in [-0.4, -0.2) is 87.1 Å². The summed E-state index contributed by atoms with van der Waals surface area (Å²) in [4.78, 5) is 51.3. The number of carbonyl (C=O) groups is 4. The van der Waals surface area contributed by atoms with E-state index in [1.807, 2.05) is 19.0 Å². The molecule has 0 saturated carbocycles. The Bertz CT molecular complexity index is 823. The highest BCUT2D eigenvalue weighted by molar-refractivity contribution is 6.23. The molecule has 164 valence electrons. The third kappa shape index (κ3) is 6.01. The van der Waals surface area contributed by atoms with Crippen molar-refractivity contribution in [2.75, 3.05) is 58.9 Å². The number of hydrogen-bond donors (Lipinski definition) is 1. The van der Waals surface area contributed by atoms with Gasteiger partial charge in [0.15, 0.2) is 0 Å². The summed E-state index contributed by atoms with van der Waals surface area (Å²) in [6.07, 6.45) is 0. The summed E-state index contributed by atoms with van der Waals surface area (Å²) in [5.74, 6) is -2.06. The standard InChI is InChI=1S/C20H27N3O7/c1-5-29-18(25)12-23-19(26)14-10-16(21-13(2)24)17(11-15(14)20(23)27)30-9-8-28-7-6-22(3)4/h10-11H,5-9,12H2,1-4H3,(H,21,24). The summed E-state index contributed by atoms with van der Waals surface area (Å²) in [5, 5.41) is 2.60. The van der Waals surface area contributed by atoms with Crippen LogP contribution >= 0.6 is 0 Å². The van der Waals surface area contributed by atoms with Gasteiger partial charge in [-0.2, -0.15) is 0 Å². The maximum absolute atomic E-state index is 12.6. The molecule has 0 spiro atoms. The van der Waals surface area contributed by atoms with Crippen LogP contribution in [0.1, 0.15) is 34.6 Å². The Morgan fingerprint density at radius 2 is 1.73 bits per heavy atom. The van der Waals surface area contributed by atoms with E-state index >= 15 is 0 Å². The molecule has 1 aromatic carbocycles. The minimum Gasteiger partial charge on any atom is -0.489 e. The second-order valence-electron chi connectivity index (χ2n) is 6.84. The molecule has 2 rings (SSSR count). The largest absolute Gasteiger partial charge is 0.489 e. The molecule has 1 heterocycles. The molecule has 0 fully saturated rings. The highest BCUT2D eigenvalue weighted by Gasteiger charge is 2.38. The Labute approximate surface area is 175 Å². The number of rotatable bonds is 11. The van der Waals surface area contributed by atoms with Gasteiger partial charge in [0, 0.05) is 13.5 Å². The topological polar surface area (TPSA) is 114 Å². The Hall–Kier alpha value is -2.98. The fraction of sp³-hybridized carbons (Fsp3) is 0.500. The molecule has 0 radical (unpaired) electrons. The lowest BCUT2D eigenvalue weighted by atomic mass is 10.1. The number of fused-ring (bicyclic) bond motifs is 1. The number of benzene rings is 1. The zero-order chi connectivity index (χ0) is 22.3. The summed E-state index contributed by atoms with van der Waals surface area (Å²) in [6, 6.07) is 2.77. The zero-order valence-corrected chi connectivity index (χ0v) is 17.6. The zero-order valence-electron chi connectivity index (χ0n) is 17.6. The Morgan fingerprint density at radius 3 is 2.33 bits per heavy atom. The van der Waals surface area contributed by atoms with Crippen molar-refractivity contribution in [2.45, 2.75) is 13.8 Å². The van der Waals surface area contributed by atoms with Crippen LogP contribution in [0.3, 0.4) is 0 Å². The van der Waals surface area contributed by atoms with Gasteiger partial charge < -0.3 is 24.4 Å². The van der Waals surface area contributed by atoms with Crippen molar-refractivity contribution < 1.29 is 33.4 Å². The molecule has 1 aliphatic heterocycles. The molecule has 3 amide bonds. The van der Waals surface area contributed by atoms with Gasteiger partial charge in [-0.25, -0.2) is 0 Å². The molecule has 10 heteroatoms. The average Bonchev–Trinajstić information content (AvgIpc) is 2.88. The van der Waals surface area contributed by atoms with Gasteiger partial charge in [-0.3, -0.25) is 24.1 Å². The van der Waals surface area contributed by atoms with Crippen LogP contribution in [0.5, 0.6) is 5.75 Å². The molecule has 0 saturated heterocycles. The number of amides is 3. The lowest BCUT2D eigenvalue weighted by Gasteiger charge is -2.14. The van der Waals surface area contributed by atoms with E-state index in [4.69, 9.17) is 14.2 Å². The van der Waals surface area contributed by atoms with E-state index in [2.05, 4.69) is 5.32 Å². The van der Waals surface area contributed by atoms with E-state index in [1.165, 1.54) is 19.1 Å². The molecular formula is C20H27N3O7. The number of esters is 1. The van der Waals surface area contributed by atoms with Crippen molar-refractivity contribution in [1.82, 2.24) is 9.80 Å². The summed E-state index contributed by atoms with van der Waals surface area (Å²) in [5.41, 5.74) is 0.443. The van der Waals surface area contributed by atoms with E-state index in [1.54, 1.807) is 6.92 Å². The van der Waals surface area contributed by atoms with E-state index in [0.717, 1.165) is 11.4 Å². The molecule has 1 aliphatic rings. The number of nitrogens with zero attached hydrogens (tertiary/aromatic N) is 2. The molecule has 0 aromatic heterocycles. The summed E-state index contributed by atoms with van der Waals surface area (Å²) >= 11 is 0. The lowest BCUT2D eigenvalue weighted by molar-refractivity contribution is -0.143. The Kier molecular flexibility index (Phi) is 8.31. The number of ether oxygens (including phenoxy) is 3. The first kappa shape index (κ1) is 23.3. The van der Waals surface area contributed by atoms with E-state index in [-0.39, 0.29) is 41.7 Å². The first-order valence-corrected chi connectivity index (χ1v) is 9.57. The third-order valence-electron chi connectivity index (χ3n) is 4.14. The maximum Gasteiger partial charge on any atom is 0.326 e. The van der Waals surface area contributed by atoms with Crippen molar-refractivity contribution in [3.8, 4) is 5.75 Å². The second kappa shape index (κ2) is 10.7. The average molecular weight is 421 g/mol. The van der Waals surface area contributed by atoms with Crippen LogP contribution < -0.4 is 10.1 Å². The van der Waals surface area contributed by atoms with E-state index in [9.17, 15) is 19.2 Å². The lowest BCUT2D eigenvalue weighted by Crippen LogP contribution is -2.35. The first-order valence-electron chi connectivity index (χ1n) is 9.57. The number of carbonyl (C=O) groups excluding carboxylic acids is 4. The van der Waals surface area contributed by atoms with Crippen LogP contribution in [0.15, 0.2) is 12.1 Å². The minimum atomic E-state index is -0.680. The van der Waals surface area contributed by atoms with Crippen LogP contribution in [0.25, 0.3) is 0 Å². The number of likely N-dealkylation sites (N-methyl/N-ethyl adjacent to an activating group) is 1. The molecule has 0 unspecified atom stereocenters. The Balaban J connectivity index is 2.15. The molecule has 1 aromatic rings. The van der Waals surface area contributed by atoms with Crippen molar-refractivity contribution in [3.63, 3.8) is 0 Å². The molecule has 1 N–H and O–H groups in total. The number of nitrogens with one attached hydrogen (secondary N) is 1. The highest BCUT2D eigenvalue weighted by atomic mass is 16.5. The van der Waals surface area contributed by atoms with Gasteiger partial charge >= 0.3 is 5.97 Å². The number of anilines is 1. The van der Waals surface area contributed by atoms with Crippen molar-refractivity contribution in [3.05, 3.63) is 23.3 Å². The van der Waals surface area contributed by atoms with Gasteiger partial charge in [0.25, 0.3) is 11.8 Å². The molecular weight excluding hydrogens is 394 g/mol. The SMILES string of the molecule is CCOC(=O)CN1C(=O)c2cc(NC(C)=O)c(OCCOCCN(C)C)cc2C1=O. The predicted octanol–water partition coefficient (Wildman–Crippen LogP) is 0.761. The Morgan fingerprint density at radius 1 is 1.07 bits per heavy atom. The van der Waals surface area contributed by atoms with Crippen molar-refractivity contribution in [1.29, 1.82) is 0 Å². The summed E-state index contributed by atoms with van der Waals surface area (Å²) in [7, 11) is 3.88. The van der Waals surface area contributed by atoms with Crippen molar-refractivity contribution in [2.24, 2.45) is 0 Å². The van der Waals surface area contributed by atoms with Gasteiger partial charge in [-0.1, -0.05) is 0 Å².